The second-order valence-corrected chi connectivity index (χ2v) is 6.07. The van der Waals surface area contributed by atoms with Crippen LogP contribution in [-0.2, 0) is 17.8 Å². The molecule has 1 saturated carbocycles. The molecule has 2 aromatic rings. The lowest BCUT2D eigenvalue weighted by Gasteiger charge is -2.23. The van der Waals surface area contributed by atoms with Crippen LogP contribution in [-0.4, -0.2) is 27.9 Å². The topological polar surface area (TPSA) is 57.6 Å². The molecule has 0 saturated heterocycles. The summed E-state index contributed by atoms with van der Waals surface area (Å²) < 4.78 is 13.3. The van der Waals surface area contributed by atoms with E-state index in [-0.39, 0.29) is 29.8 Å². The first-order valence-corrected chi connectivity index (χ1v) is 7.89. The van der Waals surface area contributed by atoms with Gasteiger partial charge in [-0.15, -0.1) is 0 Å². The smallest absolute Gasteiger partial charge is 0.335 e. The molecule has 1 aliphatic carbocycles. The van der Waals surface area contributed by atoms with Crippen LogP contribution < -0.4 is 0 Å². The SMILES string of the molecule is O=C(O)c1cccc(CC(=O)N(Cc2cccc(F)c2)C2CC2)c1. The molecule has 0 bridgehead atoms. The van der Waals surface area contributed by atoms with Crippen molar-refractivity contribution in [3.05, 3.63) is 71.0 Å². The molecule has 0 spiro atoms. The second-order valence-electron chi connectivity index (χ2n) is 6.07. The summed E-state index contributed by atoms with van der Waals surface area (Å²) in [6.45, 7) is 0.375. The van der Waals surface area contributed by atoms with Crippen LogP contribution in [0, 0.1) is 5.82 Å². The molecule has 24 heavy (non-hydrogen) atoms. The molecule has 0 aliphatic heterocycles. The van der Waals surface area contributed by atoms with Crippen LogP contribution >= 0.6 is 0 Å². The second kappa shape index (κ2) is 6.83. The first-order chi connectivity index (χ1) is 11.5. The van der Waals surface area contributed by atoms with Crippen molar-refractivity contribution in [2.75, 3.05) is 0 Å². The van der Waals surface area contributed by atoms with E-state index < -0.39 is 5.97 Å². The number of carboxylic acids is 1. The fourth-order valence-corrected chi connectivity index (χ4v) is 2.73. The predicted octanol–water partition coefficient (Wildman–Crippen LogP) is 3.26. The van der Waals surface area contributed by atoms with Gasteiger partial charge in [0, 0.05) is 12.6 Å². The summed E-state index contributed by atoms with van der Waals surface area (Å²) in [6, 6.07) is 12.9. The van der Waals surface area contributed by atoms with Crippen molar-refractivity contribution in [3.8, 4) is 0 Å². The summed E-state index contributed by atoms with van der Waals surface area (Å²) in [5.74, 6) is -1.39. The van der Waals surface area contributed by atoms with E-state index in [1.807, 2.05) is 0 Å². The quantitative estimate of drug-likeness (QED) is 0.886. The third kappa shape index (κ3) is 3.98. The van der Waals surface area contributed by atoms with Gasteiger partial charge in [-0.05, 0) is 48.2 Å². The Kier molecular flexibility index (Phi) is 4.60. The Morgan fingerprint density at radius 3 is 2.46 bits per heavy atom. The number of benzene rings is 2. The number of carboxylic acid groups (broad SMARTS) is 1. The van der Waals surface area contributed by atoms with E-state index in [1.165, 1.54) is 24.3 Å². The van der Waals surface area contributed by atoms with Crippen LogP contribution in [0.3, 0.4) is 0 Å². The van der Waals surface area contributed by atoms with Gasteiger partial charge in [0.15, 0.2) is 0 Å². The lowest BCUT2D eigenvalue weighted by Crippen LogP contribution is -2.33. The largest absolute Gasteiger partial charge is 0.478 e. The molecule has 1 N–H and O–H groups in total. The van der Waals surface area contributed by atoms with E-state index >= 15 is 0 Å². The molecule has 0 atom stereocenters. The van der Waals surface area contributed by atoms with Gasteiger partial charge in [0.25, 0.3) is 0 Å². The Hall–Kier alpha value is -2.69. The molecule has 124 valence electrons. The van der Waals surface area contributed by atoms with Crippen molar-refractivity contribution in [2.24, 2.45) is 0 Å². The maximum Gasteiger partial charge on any atom is 0.335 e. The summed E-state index contributed by atoms with van der Waals surface area (Å²) in [7, 11) is 0. The van der Waals surface area contributed by atoms with Crippen molar-refractivity contribution < 1.29 is 19.1 Å². The Morgan fingerprint density at radius 2 is 1.79 bits per heavy atom. The van der Waals surface area contributed by atoms with Crippen LogP contribution in [0.1, 0.15) is 34.3 Å². The normalized spacial score (nSPS) is 13.5. The third-order valence-corrected chi connectivity index (χ3v) is 4.08. The number of hydrogen-bond donors (Lipinski definition) is 1. The van der Waals surface area contributed by atoms with Gasteiger partial charge in [-0.2, -0.15) is 0 Å². The Morgan fingerprint density at radius 1 is 1.08 bits per heavy atom. The number of halogens is 1. The molecule has 5 heteroatoms. The summed E-state index contributed by atoms with van der Waals surface area (Å²) in [4.78, 5) is 25.4. The minimum Gasteiger partial charge on any atom is -0.478 e. The van der Waals surface area contributed by atoms with Crippen LogP contribution in [0.4, 0.5) is 4.39 Å². The van der Waals surface area contributed by atoms with E-state index in [2.05, 4.69) is 0 Å². The highest BCUT2D eigenvalue weighted by Gasteiger charge is 2.32. The van der Waals surface area contributed by atoms with Gasteiger partial charge >= 0.3 is 5.97 Å². The molecule has 0 heterocycles. The van der Waals surface area contributed by atoms with Crippen molar-refractivity contribution >= 4 is 11.9 Å². The zero-order valence-electron chi connectivity index (χ0n) is 13.1. The summed E-state index contributed by atoms with van der Waals surface area (Å²) >= 11 is 0. The maximum absolute atomic E-state index is 13.3. The monoisotopic (exact) mass is 327 g/mol. The van der Waals surface area contributed by atoms with Crippen LogP contribution in [0.25, 0.3) is 0 Å². The van der Waals surface area contributed by atoms with Gasteiger partial charge in [-0.25, -0.2) is 9.18 Å². The average Bonchev–Trinajstić information content (AvgIpc) is 3.37. The van der Waals surface area contributed by atoms with Gasteiger partial charge in [0.1, 0.15) is 5.82 Å². The Balaban J connectivity index is 1.73. The minimum atomic E-state index is -1.01. The lowest BCUT2D eigenvalue weighted by atomic mass is 10.1. The van der Waals surface area contributed by atoms with E-state index in [0.717, 1.165) is 18.4 Å². The van der Waals surface area contributed by atoms with Crippen molar-refractivity contribution in [1.82, 2.24) is 4.90 Å². The minimum absolute atomic E-state index is 0.0655. The molecule has 0 radical (unpaired) electrons. The average molecular weight is 327 g/mol. The van der Waals surface area contributed by atoms with Crippen LogP contribution in [0.2, 0.25) is 0 Å². The van der Waals surface area contributed by atoms with Crippen molar-refractivity contribution in [2.45, 2.75) is 31.8 Å². The fourth-order valence-electron chi connectivity index (χ4n) is 2.73. The number of aromatic carboxylic acids is 1. The van der Waals surface area contributed by atoms with E-state index in [4.69, 9.17) is 5.11 Å². The standard InChI is InChI=1S/C19H18FNO3/c20-16-6-2-4-14(10-16)12-21(17-7-8-17)18(22)11-13-3-1-5-15(9-13)19(23)24/h1-6,9-10,17H,7-8,11-12H2,(H,23,24). The fraction of sp³-hybridized carbons (Fsp3) is 0.263. The highest BCUT2D eigenvalue weighted by molar-refractivity contribution is 5.88. The number of carbonyl (C=O) groups is 2. The third-order valence-electron chi connectivity index (χ3n) is 4.08. The molecule has 1 fully saturated rings. The molecule has 3 rings (SSSR count). The molecular formula is C19H18FNO3. The van der Waals surface area contributed by atoms with Gasteiger partial charge in [-0.3, -0.25) is 4.79 Å². The Labute approximate surface area is 139 Å². The molecule has 0 unspecified atom stereocenters. The highest BCUT2D eigenvalue weighted by atomic mass is 19.1. The van der Waals surface area contributed by atoms with Gasteiger partial charge in [0.05, 0.1) is 12.0 Å². The van der Waals surface area contributed by atoms with Gasteiger partial charge < -0.3 is 10.0 Å². The molecule has 1 amide bonds. The molecule has 2 aromatic carbocycles. The summed E-state index contributed by atoms with van der Waals surface area (Å²) in [5, 5.41) is 9.04. The number of rotatable bonds is 6. The van der Waals surface area contributed by atoms with Gasteiger partial charge in [-0.1, -0.05) is 24.3 Å². The first-order valence-electron chi connectivity index (χ1n) is 7.89. The van der Waals surface area contributed by atoms with E-state index in [9.17, 15) is 14.0 Å². The summed E-state index contributed by atoms with van der Waals surface area (Å²) in [6.07, 6.45) is 2.05. The summed E-state index contributed by atoms with van der Waals surface area (Å²) in [5.41, 5.74) is 1.60. The zero-order valence-corrected chi connectivity index (χ0v) is 13.1. The lowest BCUT2D eigenvalue weighted by molar-refractivity contribution is -0.131. The number of carbonyl (C=O) groups excluding carboxylic acids is 1. The predicted molar refractivity (Wildman–Crippen MR) is 87.1 cm³/mol. The maximum atomic E-state index is 13.3. The van der Waals surface area contributed by atoms with E-state index in [0.29, 0.717) is 12.1 Å². The first kappa shape index (κ1) is 16.2. The number of nitrogens with zero attached hydrogens (tertiary/aromatic N) is 1. The van der Waals surface area contributed by atoms with E-state index in [1.54, 1.807) is 29.2 Å². The molecule has 0 aromatic heterocycles. The number of amides is 1. The molecule has 1 aliphatic rings. The Bertz CT molecular complexity index is 771. The van der Waals surface area contributed by atoms with Crippen LogP contribution in [0.15, 0.2) is 48.5 Å². The molecule has 4 nitrogen and oxygen atoms in total. The van der Waals surface area contributed by atoms with Crippen molar-refractivity contribution in [1.29, 1.82) is 0 Å². The van der Waals surface area contributed by atoms with Gasteiger partial charge in [0.2, 0.25) is 5.91 Å². The highest BCUT2D eigenvalue weighted by Crippen LogP contribution is 2.29. The number of hydrogen-bond acceptors (Lipinski definition) is 2. The molecular weight excluding hydrogens is 309 g/mol. The zero-order chi connectivity index (χ0) is 17.1. The van der Waals surface area contributed by atoms with Crippen LogP contribution in [0.5, 0.6) is 0 Å². The van der Waals surface area contributed by atoms with Crippen molar-refractivity contribution in [3.63, 3.8) is 0 Å².